The fourth-order valence-electron chi connectivity index (χ4n) is 1.62. The van der Waals surface area contributed by atoms with Crippen molar-refractivity contribution in [1.82, 2.24) is 4.90 Å². The quantitative estimate of drug-likeness (QED) is 0.692. The van der Waals surface area contributed by atoms with Crippen LogP contribution in [0.4, 0.5) is 4.39 Å². The van der Waals surface area contributed by atoms with Crippen molar-refractivity contribution in [2.75, 3.05) is 13.1 Å². The lowest BCUT2D eigenvalue weighted by Crippen LogP contribution is -2.39. The Bertz CT molecular complexity index is 174. The summed E-state index contributed by atoms with van der Waals surface area (Å²) in [6, 6.07) is -0.495. The van der Waals surface area contributed by atoms with Crippen molar-refractivity contribution in [3.8, 4) is 0 Å². The van der Waals surface area contributed by atoms with Gasteiger partial charge in [-0.3, -0.25) is 9.69 Å². The molecule has 0 spiro atoms. The lowest BCUT2D eigenvalue weighted by atomic mass is 10.2. The Labute approximate surface area is 71.2 Å². The summed E-state index contributed by atoms with van der Waals surface area (Å²) in [5.74, 6) is -0.841. The van der Waals surface area contributed by atoms with Crippen molar-refractivity contribution in [3.63, 3.8) is 0 Å². The topological polar surface area (TPSA) is 40.5 Å². The van der Waals surface area contributed by atoms with E-state index in [0.717, 1.165) is 0 Å². The first-order chi connectivity index (χ1) is 5.65. The van der Waals surface area contributed by atoms with Gasteiger partial charge in [0.2, 0.25) is 0 Å². The molecule has 1 heterocycles. The van der Waals surface area contributed by atoms with E-state index in [2.05, 4.69) is 0 Å². The van der Waals surface area contributed by atoms with Crippen LogP contribution < -0.4 is 0 Å². The molecule has 70 valence electrons. The number of nitrogens with zero attached hydrogens (tertiary/aromatic N) is 1. The van der Waals surface area contributed by atoms with Gasteiger partial charge in [-0.2, -0.15) is 0 Å². The van der Waals surface area contributed by atoms with E-state index in [1.54, 1.807) is 4.90 Å². The average Bonchev–Trinajstić information content (AvgIpc) is 2.37. The molecule has 0 bridgehead atoms. The Hall–Kier alpha value is -0.640. The van der Waals surface area contributed by atoms with Crippen LogP contribution in [0.25, 0.3) is 0 Å². The summed E-state index contributed by atoms with van der Waals surface area (Å²) in [5.41, 5.74) is 0. The monoisotopic (exact) mass is 175 g/mol. The van der Waals surface area contributed by atoms with Crippen LogP contribution in [0.5, 0.6) is 0 Å². The van der Waals surface area contributed by atoms with Crippen LogP contribution in [0.2, 0.25) is 0 Å². The molecule has 1 saturated heterocycles. The minimum absolute atomic E-state index is 0.283. The third-order valence-corrected chi connectivity index (χ3v) is 2.27. The maximum absolute atomic E-state index is 12.7. The molecule has 4 heteroatoms. The molecule has 2 atom stereocenters. The number of carboxylic acids is 1. The zero-order chi connectivity index (χ0) is 9.14. The zero-order valence-electron chi connectivity index (χ0n) is 7.16. The molecule has 12 heavy (non-hydrogen) atoms. The van der Waals surface area contributed by atoms with Crippen LogP contribution in [0.1, 0.15) is 19.8 Å². The van der Waals surface area contributed by atoms with Crippen LogP contribution in [-0.4, -0.2) is 41.3 Å². The van der Waals surface area contributed by atoms with E-state index in [9.17, 15) is 9.18 Å². The molecule has 1 aliphatic rings. The zero-order valence-corrected chi connectivity index (χ0v) is 7.16. The number of hydrogen-bond donors (Lipinski definition) is 1. The molecular formula is C8H14FNO2. The minimum atomic E-state index is -0.841. The SMILES string of the molecule is CC[C@@H](C(=O)O)N1CC[C@@H](F)C1. The first-order valence-corrected chi connectivity index (χ1v) is 4.26. The molecule has 0 saturated carbocycles. The predicted molar refractivity (Wildman–Crippen MR) is 42.8 cm³/mol. The Morgan fingerprint density at radius 3 is 2.83 bits per heavy atom. The van der Waals surface area contributed by atoms with E-state index in [1.807, 2.05) is 6.92 Å². The van der Waals surface area contributed by atoms with Gasteiger partial charge in [-0.05, 0) is 12.8 Å². The van der Waals surface area contributed by atoms with Gasteiger partial charge in [0, 0.05) is 13.1 Å². The number of hydrogen-bond acceptors (Lipinski definition) is 2. The molecular weight excluding hydrogens is 161 g/mol. The normalized spacial score (nSPS) is 27.3. The molecule has 0 amide bonds. The van der Waals surface area contributed by atoms with Crippen molar-refractivity contribution >= 4 is 5.97 Å². The van der Waals surface area contributed by atoms with Gasteiger partial charge < -0.3 is 5.11 Å². The Morgan fingerprint density at radius 1 is 1.83 bits per heavy atom. The second kappa shape index (κ2) is 3.85. The summed E-state index contributed by atoms with van der Waals surface area (Å²) in [4.78, 5) is 12.4. The van der Waals surface area contributed by atoms with Gasteiger partial charge in [-0.25, -0.2) is 4.39 Å². The predicted octanol–water partition coefficient (Wildman–Crippen LogP) is 0.893. The number of carboxylic acid groups (broad SMARTS) is 1. The smallest absolute Gasteiger partial charge is 0.320 e. The molecule has 0 aromatic carbocycles. The Balaban J connectivity index is 2.49. The van der Waals surface area contributed by atoms with Crippen molar-refractivity contribution in [1.29, 1.82) is 0 Å². The summed E-state index contributed by atoms with van der Waals surface area (Å²) < 4.78 is 12.7. The molecule has 3 nitrogen and oxygen atoms in total. The highest BCUT2D eigenvalue weighted by molar-refractivity contribution is 5.73. The van der Waals surface area contributed by atoms with Crippen molar-refractivity contribution in [2.45, 2.75) is 32.0 Å². The number of rotatable bonds is 3. The molecule has 0 unspecified atom stereocenters. The van der Waals surface area contributed by atoms with E-state index in [0.29, 0.717) is 19.4 Å². The highest BCUT2D eigenvalue weighted by atomic mass is 19.1. The molecule has 0 aliphatic carbocycles. The summed E-state index contributed by atoms with van der Waals surface area (Å²) >= 11 is 0. The van der Waals surface area contributed by atoms with E-state index < -0.39 is 18.2 Å². The van der Waals surface area contributed by atoms with Gasteiger partial charge in [0.05, 0.1) is 0 Å². The lowest BCUT2D eigenvalue weighted by molar-refractivity contribution is -0.143. The lowest BCUT2D eigenvalue weighted by Gasteiger charge is -2.21. The van der Waals surface area contributed by atoms with Gasteiger partial charge in [0.25, 0.3) is 0 Å². The summed E-state index contributed by atoms with van der Waals surface area (Å²) in [5, 5.41) is 8.76. The van der Waals surface area contributed by atoms with Crippen LogP contribution in [0, 0.1) is 0 Å². The molecule has 1 fully saturated rings. The number of carbonyl (C=O) groups is 1. The molecule has 1 aliphatic heterocycles. The maximum atomic E-state index is 12.7. The van der Waals surface area contributed by atoms with Gasteiger partial charge in [-0.15, -0.1) is 0 Å². The van der Waals surface area contributed by atoms with E-state index in [1.165, 1.54) is 0 Å². The van der Waals surface area contributed by atoms with Crippen LogP contribution in [-0.2, 0) is 4.79 Å². The minimum Gasteiger partial charge on any atom is -0.480 e. The number of aliphatic carboxylic acids is 1. The van der Waals surface area contributed by atoms with Crippen molar-refractivity contribution < 1.29 is 14.3 Å². The van der Waals surface area contributed by atoms with Gasteiger partial charge in [-0.1, -0.05) is 6.92 Å². The Morgan fingerprint density at radius 2 is 2.50 bits per heavy atom. The van der Waals surface area contributed by atoms with Crippen LogP contribution >= 0.6 is 0 Å². The average molecular weight is 175 g/mol. The van der Waals surface area contributed by atoms with Gasteiger partial charge in [0.15, 0.2) is 0 Å². The number of likely N-dealkylation sites (tertiary alicyclic amines) is 1. The molecule has 0 aromatic rings. The molecule has 1 rings (SSSR count). The van der Waals surface area contributed by atoms with Crippen LogP contribution in [0.3, 0.4) is 0 Å². The second-order valence-electron chi connectivity index (χ2n) is 3.14. The van der Waals surface area contributed by atoms with E-state index in [-0.39, 0.29) is 6.54 Å². The number of alkyl halides is 1. The Kier molecular flexibility index (Phi) is 3.03. The first kappa shape index (κ1) is 9.45. The highest BCUT2D eigenvalue weighted by Gasteiger charge is 2.30. The summed E-state index contributed by atoms with van der Waals surface area (Å²) in [6.45, 7) is 2.67. The molecule has 0 radical (unpaired) electrons. The van der Waals surface area contributed by atoms with E-state index in [4.69, 9.17) is 5.11 Å². The highest BCUT2D eigenvalue weighted by Crippen LogP contribution is 2.16. The van der Waals surface area contributed by atoms with Gasteiger partial charge in [0.1, 0.15) is 12.2 Å². The van der Waals surface area contributed by atoms with E-state index >= 15 is 0 Å². The maximum Gasteiger partial charge on any atom is 0.320 e. The second-order valence-corrected chi connectivity index (χ2v) is 3.14. The number of halogens is 1. The fourth-order valence-corrected chi connectivity index (χ4v) is 1.62. The third-order valence-electron chi connectivity index (χ3n) is 2.27. The largest absolute Gasteiger partial charge is 0.480 e. The summed E-state index contributed by atoms with van der Waals surface area (Å²) in [6.07, 6.45) is 0.185. The van der Waals surface area contributed by atoms with Crippen molar-refractivity contribution in [2.24, 2.45) is 0 Å². The standard InChI is InChI=1S/C8H14FNO2/c1-2-7(8(11)12)10-4-3-6(9)5-10/h6-7H,2-5H2,1H3,(H,11,12)/t6-,7+/m1/s1. The third kappa shape index (κ3) is 1.94. The fraction of sp³-hybridized carbons (Fsp3) is 0.875. The molecule has 1 N–H and O–H groups in total. The van der Waals surface area contributed by atoms with Gasteiger partial charge >= 0.3 is 5.97 Å². The van der Waals surface area contributed by atoms with Crippen molar-refractivity contribution in [3.05, 3.63) is 0 Å². The molecule has 0 aromatic heterocycles. The summed E-state index contributed by atoms with van der Waals surface area (Å²) in [7, 11) is 0. The van der Waals surface area contributed by atoms with Crippen LogP contribution in [0.15, 0.2) is 0 Å². The first-order valence-electron chi connectivity index (χ1n) is 4.26.